The summed E-state index contributed by atoms with van der Waals surface area (Å²) in [7, 11) is 0. The molecule has 7 rings (SSSR count). The van der Waals surface area contributed by atoms with Gasteiger partial charge in [-0.3, -0.25) is 4.79 Å². The molecule has 230 valence electrons. The van der Waals surface area contributed by atoms with Crippen molar-refractivity contribution in [1.29, 1.82) is 0 Å². The standard InChI is InChI=1S/C37H25Cl2FN6O/c38-28-18-16-24(17-19-28)35(47)43-33-30-22-29(42-34-31(40)23-41-36(39)44-34)20-21-32(30)46(45-33)37(25-10-4-1-5-11-25,26-12-6-2-7-13-26)27-14-8-3-9-15-27/h1-23H,(H,41,42,44)(H,43,45,47). The Morgan fingerprint density at radius 3 is 1.87 bits per heavy atom. The molecule has 1 amide bonds. The van der Waals surface area contributed by atoms with Crippen LogP contribution in [0.2, 0.25) is 10.3 Å². The maximum absolute atomic E-state index is 14.6. The smallest absolute Gasteiger partial charge is 0.256 e. The summed E-state index contributed by atoms with van der Waals surface area (Å²) < 4.78 is 16.6. The molecule has 7 aromatic rings. The molecular weight excluding hydrogens is 634 g/mol. The lowest BCUT2D eigenvalue weighted by Gasteiger charge is -2.37. The Balaban J connectivity index is 1.49. The minimum atomic E-state index is -0.966. The van der Waals surface area contributed by atoms with Crippen LogP contribution < -0.4 is 10.6 Å². The number of rotatable bonds is 8. The molecule has 2 aromatic heterocycles. The van der Waals surface area contributed by atoms with Crippen LogP contribution >= 0.6 is 23.2 Å². The lowest BCUT2D eigenvalue weighted by molar-refractivity contribution is 0.102. The number of hydrogen-bond donors (Lipinski definition) is 2. The van der Waals surface area contributed by atoms with Crippen molar-refractivity contribution in [3.05, 3.63) is 178 Å². The van der Waals surface area contributed by atoms with Crippen molar-refractivity contribution in [2.24, 2.45) is 0 Å². The summed E-state index contributed by atoms with van der Waals surface area (Å²) in [6.45, 7) is 0. The Morgan fingerprint density at radius 2 is 1.30 bits per heavy atom. The van der Waals surface area contributed by atoms with Crippen LogP contribution in [0.1, 0.15) is 27.0 Å². The van der Waals surface area contributed by atoms with Crippen molar-refractivity contribution < 1.29 is 9.18 Å². The number of halogens is 3. The zero-order chi connectivity index (χ0) is 32.4. The van der Waals surface area contributed by atoms with Crippen molar-refractivity contribution in [3.63, 3.8) is 0 Å². The van der Waals surface area contributed by atoms with E-state index >= 15 is 0 Å². The number of nitrogens with zero attached hydrogens (tertiary/aromatic N) is 4. The summed E-state index contributed by atoms with van der Waals surface area (Å²) in [5, 5.41) is 12.2. The molecule has 0 aliphatic heterocycles. The topological polar surface area (TPSA) is 84.7 Å². The van der Waals surface area contributed by atoms with Crippen molar-refractivity contribution in [1.82, 2.24) is 19.7 Å². The first kappa shape index (κ1) is 30.1. The van der Waals surface area contributed by atoms with Gasteiger partial charge in [0.2, 0.25) is 5.28 Å². The molecule has 0 unspecified atom stereocenters. The van der Waals surface area contributed by atoms with Gasteiger partial charge in [0.25, 0.3) is 5.91 Å². The summed E-state index contributed by atoms with van der Waals surface area (Å²) in [4.78, 5) is 21.3. The Hall–Kier alpha value is -5.57. The minimum absolute atomic E-state index is 0.0873. The highest BCUT2D eigenvalue weighted by atomic mass is 35.5. The van der Waals surface area contributed by atoms with Crippen LogP contribution in [0.3, 0.4) is 0 Å². The van der Waals surface area contributed by atoms with Gasteiger partial charge in [-0.25, -0.2) is 14.1 Å². The van der Waals surface area contributed by atoms with Crippen LogP contribution in [-0.2, 0) is 5.54 Å². The van der Waals surface area contributed by atoms with E-state index in [9.17, 15) is 9.18 Å². The summed E-state index contributed by atoms with van der Waals surface area (Å²) in [5.41, 5.74) is 3.51. The second-order valence-electron chi connectivity index (χ2n) is 10.7. The van der Waals surface area contributed by atoms with Gasteiger partial charge in [-0.15, -0.1) is 0 Å². The van der Waals surface area contributed by atoms with Crippen LogP contribution in [0.25, 0.3) is 10.9 Å². The molecule has 0 aliphatic carbocycles. The highest BCUT2D eigenvalue weighted by molar-refractivity contribution is 6.30. The number of hydrogen-bond acceptors (Lipinski definition) is 5. The summed E-state index contributed by atoms with van der Waals surface area (Å²) in [6.07, 6.45) is 1.000. The predicted octanol–water partition coefficient (Wildman–Crippen LogP) is 9.11. The highest BCUT2D eigenvalue weighted by Gasteiger charge is 2.41. The van der Waals surface area contributed by atoms with Gasteiger partial charge in [0, 0.05) is 21.7 Å². The first-order valence-electron chi connectivity index (χ1n) is 14.7. The third-order valence-electron chi connectivity index (χ3n) is 7.89. The van der Waals surface area contributed by atoms with Crippen LogP contribution in [0.4, 0.5) is 21.7 Å². The van der Waals surface area contributed by atoms with Crippen molar-refractivity contribution >= 4 is 57.3 Å². The fourth-order valence-electron chi connectivity index (χ4n) is 5.80. The quantitative estimate of drug-likeness (QED) is 0.126. The van der Waals surface area contributed by atoms with Crippen molar-refractivity contribution in [3.8, 4) is 0 Å². The van der Waals surface area contributed by atoms with Crippen LogP contribution in [0.5, 0.6) is 0 Å². The van der Waals surface area contributed by atoms with Gasteiger partial charge < -0.3 is 10.6 Å². The molecule has 0 bridgehead atoms. The van der Waals surface area contributed by atoms with E-state index in [0.29, 0.717) is 33.0 Å². The van der Waals surface area contributed by atoms with Gasteiger partial charge in [0.05, 0.1) is 11.7 Å². The zero-order valence-corrected chi connectivity index (χ0v) is 26.1. The van der Waals surface area contributed by atoms with Crippen molar-refractivity contribution in [2.75, 3.05) is 10.6 Å². The number of nitrogens with one attached hydrogen (secondary N) is 2. The number of fused-ring (bicyclic) bond motifs is 1. The third kappa shape index (κ3) is 5.69. The van der Waals surface area contributed by atoms with Crippen LogP contribution in [-0.4, -0.2) is 25.7 Å². The minimum Gasteiger partial charge on any atom is -0.338 e. The second kappa shape index (κ2) is 12.7. The molecule has 5 aromatic carbocycles. The molecule has 0 saturated carbocycles. The fourth-order valence-corrected chi connectivity index (χ4v) is 6.06. The van der Waals surface area contributed by atoms with Gasteiger partial charge in [-0.1, -0.05) is 103 Å². The molecule has 0 spiro atoms. The third-order valence-corrected chi connectivity index (χ3v) is 8.32. The molecule has 0 fully saturated rings. The zero-order valence-electron chi connectivity index (χ0n) is 24.6. The second-order valence-corrected chi connectivity index (χ2v) is 11.5. The van der Waals surface area contributed by atoms with Gasteiger partial charge in [-0.2, -0.15) is 10.1 Å². The van der Waals surface area contributed by atoms with E-state index in [2.05, 4.69) is 57.0 Å². The van der Waals surface area contributed by atoms with Gasteiger partial charge >= 0.3 is 0 Å². The molecule has 2 heterocycles. The van der Waals surface area contributed by atoms with E-state index in [4.69, 9.17) is 28.3 Å². The lowest BCUT2D eigenvalue weighted by Crippen LogP contribution is -2.38. The first-order valence-corrected chi connectivity index (χ1v) is 15.4. The number of aromatic nitrogens is 4. The molecule has 0 radical (unpaired) electrons. The number of benzene rings is 5. The number of anilines is 3. The van der Waals surface area contributed by atoms with Gasteiger partial charge in [0.1, 0.15) is 5.54 Å². The van der Waals surface area contributed by atoms with E-state index in [0.717, 1.165) is 22.9 Å². The molecule has 0 aliphatic rings. The first-order chi connectivity index (χ1) is 22.9. The van der Waals surface area contributed by atoms with E-state index in [1.165, 1.54) is 0 Å². The predicted molar refractivity (Wildman–Crippen MR) is 184 cm³/mol. The number of carbonyl (C=O) groups is 1. The van der Waals surface area contributed by atoms with E-state index < -0.39 is 11.4 Å². The molecule has 47 heavy (non-hydrogen) atoms. The molecule has 7 nitrogen and oxygen atoms in total. The Bertz CT molecular complexity index is 2100. The monoisotopic (exact) mass is 658 g/mol. The maximum atomic E-state index is 14.6. The lowest BCUT2D eigenvalue weighted by atomic mass is 9.77. The molecule has 0 atom stereocenters. The van der Waals surface area contributed by atoms with Gasteiger partial charge in [-0.05, 0) is 70.8 Å². The molecule has 2 N–H and O–H groups in total. The summed E-state index contributed by atoms with van der Waals surface area (Å²) in [5.74, 6) is -0.824. The van der Waals surface area contributed by atoms with Crippen molar-refractivity contribution in [2.45, 2.75) is 5.54 Å². The molecule has 10 heteroatoms. The van der Waals surface area contributed by atoms with E-state index in [-0.39, 0.29) is 17.0 Å². The SMILES string of the molecule is O=C(Nc1nn(C(c2ccccc2)(c2ccccc2)c2ccccc2)c2ccc(Nc3nc(Cl)ncc3F)cc12)c1ccc(Cl)cc1. The Labute approximate surface area is 279 Å². The number of amides is 1. The Kier molecular flexibility index (Phi) is 8.12. The highest BCUT2D eigenvalue weighted by Crippen LogP contribution is 2.44. The maximum Gasteiger partial charge on any atom is 0.256 e. The van der Waals surface area contributed by atoms with Crippen LogP contribution in [0, 0.1) is 5.82 Å². The summed E-state index contributed by atoms with van der Waals surface area (Å²) in [6, 6.07) is 42.4. The van der Waals surface area contributed by atoms with Gasteiger partial charge in [0.15, 0.2) is 17.5 Å². The normalized spacial score (nSPS) is 11.4. The van der Waals surface area contributed by atoms with E-state index in [1.54, 1.807) is 36.4 Å². The Morgan fingerprint density at radius 1 is 0.723 bits per heavy atom. The fraction of sp³-hybridized carbons (Fsp3) is 0.0270. The average Bonchev–Trinajstić information content (AvgIpc) is 3.45. The van der Waals surface area contributed by atoms with E-state index in [1.807, 2.05) is 65.3 Å². The summed E-state index contributed by atoms with van der Waals surface area (Å²) >= 11 is 12.0. The average molecular weight is 660 g/mol. The number of carbonyl (C=O) groups excluding carboxylic acids is 1. The molecular formula is C37H25Cl2FN6O. The molecule has 0 saturated heterocycles. The van der Waals surface area contributed by atoms with Crippen LogP contribution in [0.15, 0.2) is 140 Å². The largest absolute Gasteiger partial charge is 0.338 e.